The first-order valence-electron chi connectivity index (χ1n) is 19.1. The van der Waals surface area contributed by atoms with Crippen molar-refractivity contribution in [2.45, 2.75) is 70.2 Å². The molecule has 0 atom stereocenters. The van der Waals surface area contributed by atoms with Crippen LogP contribution >= 0.6 is 11.9 Å². The highest BCUT2D eigenvalue weighted by Gasteiger charge is 2.22. The molecule has 3 aromatic carbocycles. The van der Waals surface area contributed by atoms with Crippen molar-refractivity contribution in [3.63, 3.8) is 0 Å². The van der Waals surface area contributed by atoms with Crippen molar-refractivity contribution < 1.29 is 9.53 Å². The minimum absolute atomic E-state index is 0.106. The van der Waals surface area contributed by atoms with Crippen LogP contribution in [-0.2, 0) is 37.3 Å². The zero-order valence-corrected chi connectivity index (χ0v) is 32.1. The van der Waals surface area contributed by atoms with Gasteiger partial charge in [-0.25, -0.2) is 14.0 Å². The normalized spacial score (nSPS) is 15.6. The molecule has 53 heavy (non-hydrogen) atoms. The first-order valence-corrected chi connectivity index (χ1v) is 19.8. The van der Waals surface area contributed by atoms with Crippen molar-refractivity contribution in [1.82, 2.24) is 34.6 Å². The summed E-state index contributed by atoms with van der Waals surface area (Å²) < 4.78 is 9.78. The third-order valence-corrected chi connectivity index (χ3v) is 11.1. The molecule has 0 radical (unpaired) electrons. The van der Waals surface area contributed by atoms with Crippen LogP contribution in [0.2, 0.25) is 0 Å². The van der Waals surface area contributed by atoms with Crippen molar-refractivity contribution in [1.29, 1.82) is 0 Å². The number of nitrogens with one attached hydrogen (secondary N) is 3. The highest BCUT2D eigenvalue weighted by molar-refractivity contribution is 7.97. The van der Waals surface area contributed by atoms with Crippen molar-refractivity contribution >= 4 is 34.6 Å². The second-order valence-corrected chi connectivity index (χ2v) is 15.3. The molecule has 5 aromatic rings. The number of aromatic nitrogens is 3. The molecule has 10 nitrogen and oxygen atoms in total. The van der Waals surface area contributed by atoms with Gasteiger partial charge in [0.05, 0.1) is 17.3 Å². The minimum atomic E-state index is -0.106. The topological polar surface area (TPSA) is 99.6 Å². The number of pyridine rings is 1. The van der Waals surface area contributed by atoms with E-state index < -0.39 is 0 Å². The van der Waals surface area contributed by atoms with Crippen LogP contribution in [-0.4, -0.2) is 82.4 Å². The molecular weight excluding hydrogens is 681 g/mol. The van der Waals surface area contributed by atoms with Crippen LogP contribution < -0.4 is 16.0 Å². The van der Waals surface area contributed by atoms with Gasteiger partial charge in [-0.05, 0) is 97.8 Å². The molecule has 11 heteroatoms. The summed E-state index contributed by atoms with van der Waals surface area (Å²) in [5.74, 6) is -0.106. The van der Waals surface area contributed by atoms with Crippen molar-refractivity contribution in [3.05, 3.63) is 107 Å². The van der Waals surface area contributed by atoms with E-state index in [1.807, 2.05) is 29.1 Å². The summed E-state index contributed by atoms with van der Waals surface area (Å²) in [6.45, 7) is 12.9. The van der Waals surface area contributed by atoms with E-state index >= 15 is 0 Å². The van der Waals surface area contributed by atoms with Gasteiger partial charge in [0.1, 0.15) is 0 Å². The Hall–Kier alpha value is -4.26. The molecule has 4 heterocycles. The Labute approximate surface area is 317 Å². The van der Waals surface area contributed by atoms with Gasteiger partial charge in [-0.2, -0.15) is 5.10 Å². The first kappa shape index (κ1) is 37.1. The number of piperazine rings is 1. The molecule has 0 unspecified atom stereocenters. The van der Waals surface area contributed by atoms with E-state index in [-0.39, 0.29) is 5.91 Å². The van der Waals surface area contributed by atoms with Gasteiger partial charge >= 0.3 is 0 Å². The minimum Gasteiger partial charge on any atom is -0.381 e. The lowest BCUT2D eigenvalue weighted by Gasteiger charge is -2.27. The number of hydrogen-bond donors (Lipinski definition) is 3. The van der Waals surface area contributed by atoms with E-state index in [4.69, 9.17) is 9.72 Å². The summed E-state index contributed by atoms with van der Waals surface area (Å²) in [5, 5.41) is 16.1. The maximum Gasteiger partial charge on any atom is 0.251 e. The molecule has 278 valence electrons. The summed E-state index contributed by atoms with van der Waals surface area (Å²) in [6, 6.07) is 25.9. The summed E-state index contributed by atoms with van der Waals surface area (Å²) in [6.07, 6.45) is 4.53. The number of amides is 1. The predicted molar refractivity (Wildman–Crippen MR) is 215 cm³/mol. The van der Waals surface area contributed by atoms with Gasteiger partial charge in [0.2, 0.25) is 0 Å². The number of carbonyl (C=O) groups excluding carboxylic acids is 1. The van der Waals surface area contributed by atoms with E-state index in [2.05, 4.69) is 106 Å². The molecule has 2 fully saturated rings. The van der Waals surface area contributed by atoms with Gasteiger partial charge in [-0.1, -0.05) is 49.4 Å². The van der Waals surface area contributed by atoms with Crippen LogP contribution in [0.1, 0.15) is 59.4 Å². The SMILES string of the molecule is CCc1nc2c(cnn2CC)c(NC2CCOCC2)c1CNC(=O)c1cccc(SN(C)Cc2cccc(-c3cccc(CN4CCNCC4)c3)c2)c1. The van der Waals surface area contributed by atoms with Gasteiger partial charge in [-0.3, -0.25) is 9.69 Å². The van der Waals surface area contributed by atoms with E-state index in [1.165, 1.54) is 22.3 Å². The lowest BCUT2D eigenvalue weighted by atomic mass is 10.0. The highest BCUT2D eigenvalue weighted by Crippen LogP contribution is 2.32. The molecule has 3 N–H and O–H groups in total. The fraction of sp³-hybridized carbons (Fsp3) is 0.405. The van der Waals surface area contributed by atoms with E-state index in [0.717, 1.165) is 111 Å². The van der Waals surface area contributed by atoms with E-state index in [9.17, 15) is 4.79 Å². The van der Waals surface area contributed by atoms with Gasteiger partial charge in [0, 0.05) is 93.3 Å². The Morgan fingerprint density at radius 2 is 1.72 bits per heavy atom. The summed E-state index contributed by atoms with van der Waals surface area (Å²) in [7, 11) is 2.10. The van der Waals surface area contributed by atoms with Gasteiger partial charge in [-0.15, -0.1) is 0 Å². The summed E-state index contributed by atoms with van der Waals surface area (Å²) >= 11 is 1.64. The average Bonchev–Trinajstić information content (AvgIpc) is 3.61. The Morgan fingerprint density at radius 3 is 2.47 bits per heavy atom. The number of aryl methyl sites for hydroxylation is 2. The number of rotatable bonds is 14. The number of carbonyl (C=O) groups is 1. The highest BCUT2D eigenvalue weighted by atomic mass is 32.2. The smallest absolute Gasteiger partial charge is 0.251 e. The second kappa shape index (κ2) is 17.7. The number of nitrogens with zero attached hydrogens (tertiary/aromatic N) is 5. The zero-order valence-electron chi connectivity index (χ0n) is 31.2. The standard InChI is InChI=1S/C42H52N8O2S/c1-4-39-37(40(46-35-15-21-52-22-16-35)38-27-45-50(5-2)41(38)47-39)26-44-42(51)34-13-8-14-36(25-34)53-48(3)28-30-9-6-11-32(23-30)33-12-7-10-31(24-33)29-49-19-17-43-18-20-49/h6-14,23-25,27,35,43H,4-5,15-22,26,28-29H2,1-3H3,(H,44,51)(H,46,47). The maximum atomic E-state index is 13.7. The molecular formula is C42H52N8O2S. The molecule has 0 aliphatic carbocycles. The number of fused-ring (bicyclic) bond motifs is 1. The molecule has 2 aliphatic rings. The zero-order chi connectivity index (χ0) is 36.6. The van der Waals surface area contributed by atoms with Crippen molar-refractivity contribution in [3.8, 4) is 11.1 Å². The Bertz CT molecular complexity index is 2000. The number of benzene rings is 3. The molecule has 0 bridgehead atoms. The van der Waals surface area contributed by atoms with E-state index in [1.54, 1.807) is 11.9 Å². The first-order chi connectivity index (χ1) is 26.0. The number of hydrogen-bond acceptors (Lipinski definition) is 9. The van der Waals surface area contributed by atoms with Crippen LogP contribution in [0.4, 0.5) is 5.69 Å². The van der Waals surface area contributed by atoms with Crippen LogP contribution in [0, 0.1) is 0 Å². The van der Waals surface area contributed by atoms with Gasteiger partial charge in [0.25, 0.3) is 5.91 Å². The Morgan fingerprint density at radius 1 is 0.981 bits per heavy atom. The number of ether oxygens (including phenoxy) is 1. The maximum absolute atomic E-state index is 13.7. The van der Waals surface area contributed by atoms with Crippen LogP contribution in [0.25, 0.3) is 22.2 Å². The Balaban J connectivity index is 1.01. The lowest BCUT2D eigenvalue weighted by Crippen LogP contribution is -2.42. The lowest BCUT2D eigenvalue weighted by molar-refractivity contribution is 0.0904. The van der Waals surface area contributed by atoms with Crippen molar-refractivity contribution in [2.24, 2.45) is 0 Å². The molecule has 0 saturated carbocycles. The molecule has 7 rings (SSSR count). The average molecular weight is 733 g/mol. The third kappa shape index (κ3) is 9.28. The van der Waals surface area contributed by atoms with Crippen molar-refractivity contribution in [2.75, 3.05) is 51.8 Å². The quantitative estimate of drug-likeness (QED) is 0.107. The monoisotopic (exact) mass is 732 g/mol. The third-order valence-electron chi connectivity index (χ3n) is 10.2. The Kier molecular flexibility index (Phi) is 12.4. The van der Waals surface area contributed by atoms with Gasteiger partial charge in [0.15, 0.2) is 5.65 Å². The fourth-order valence-electron chi connectivity index (χ4n) is 7.36. The molecule has 2 saturated heterocycles. The van der Waals surface area contributed by atoms with Crippen LogP contribution in [0.3, 0.4) is 0 Å². The van der Waals surface area contributed by atoms with Crippen LogP contribution in [0.5, 0.6) is 0 Å². The largest absolute Gasteiger partial charge is 0.381 e. The summed E-state index contributed by atoms with van der Waals surface area (Å²) in [5.41, 5.74) is 9.61. The number of anilines is 1. The summed E-state index contributed by atoms with van der Waals surface area (Å²) in [4.78, 5) is 22.2. The molecule has 0 spiro atoms. The van der Waals surface area contributed by atoms with E-state index in [0.29, 0.717) is 18.2 Å². The molecule has 2 aromatic heterocycles. The second-order valence-electron chi connectivity index (χ2n) is 14.0. The van der Waals surface area contributed by atoms with Gasteiger partial charge < -0.3 is 20.7 Å². The molecule has 2 aliphatic heterocycles. The molecule has 1 amide bonds. The predicted octanol–water partition coefficient (Wildman–Crippen LogP) is 6.75. The van der Waals surface area contributed by atoms with Crippen LogP contribution in [0.15, 0.2) is 83.9 Å². The fourth-order valence-corrected chi connectivity index (χ4v) is 8.25.